The lowest BCUT2D eigenvalue weighted by atomic mass is 10.1. The van der Waals surface area contributed by atoms with Crippen LogP contribution in [0.25, 0.3) is 0 Å². The van der Waals surface area contributed by atoms with Crippen molar-refractivity contribution in [3.63, 3.8) is 0 Å². The molecule has 33 heavy (non-hydrogen) atoms. The van der Waals surface area contributed by atoms with Crippen LogP contribution in [-0.4, -0.2) is 25.3 Å². The van der Waals surface area contributed by atoms with Crippen LogP contribution >= 0.6 is 0 Å². The lowest BCUT2D eigenvalue weighted by molar-refractivity contribution is -0.145. The molecular weight excluding hydrogens is 427 g/mol. The Balaban J connectivity index is 1.79. The van der Waals surface area contributed by atoms with Gasteiger partial charge >= 0.3 is 11.9 Å². The summed E-state index contributed by atoms with van der Waals surface area (Å²) in [6.07, 6.45) is 6.74. The standard InChI is InChI=1S/C26H31FO6/c1-4-5-6-7-8-9-16-30-24-15-14-22(17-23(24)27)33-26(29)20-10-12-21(13-11-20)31-18-32-25(28)19(2)3/h10-15,17H,2,4-9,16,18H2,1,3H3. The molecule has 6 nitrogen and oxygen atoms in total. The summed E-state index contributed by atoms with van der Waals surface area (Å²) < 4.78 is 35.1. The first kappa shape index (κ1) is 25.9. The zero-order valence-electron chi connectivity index (χ0n) is 19.2. The Bertz CT molecular complexity index is 923. The Labute approximate surface area is 194 Å². The normalized spacial score (nSPS) is 10.4. The van der Waals surface area contributed by atoms with Crippen molar-refractivity contribution in [1.29, 1.82) is 0 Å². The molecule has 0 bridgehead atoms. The van der Waals surface area contributed by atoms with E-state index in [0.717, 1.165) is 25.3 Å². The number of esters is 2. The van der Waals surface area contributed by atoms with Crippen molar-refractivity contribution in [1.82, 2.24) is 0 Å². The van der Waals surface area contributed by atoms with Crippen molar-refractivity contribution in [3.05, 3.63) is 66.0 Å². The van der Waals surface area contributed by atoms with E-state index in [1.807, 2.05) is 0 Å². The molecule has 0 N–H and O–H groups in total. The summed E-state index contributed by atoms with van der Waals surface area (Å²) >= 11 is 0. The lowest BCUT2D eigenvalue weighted by Gasteiger charge is -2.10. The zero-order chi connectivity index (χ0) is 24.1. The van der Waals surface area contributed by atoms with Gasteiger partial charge in [0.05, 0.1) is 12.2 Å². The molecule has 0 fully saturated rings. The number of carbonyl (C=O) groups excluding carboxylic acids is 2. The van der Waals surface area contributed by atoms with Crippen molar-refractivity contribution in [3.8, 4) is 17.2 Å². The monoisotopic (exact) mass is 458 g/mol. The molecule has 0 spiro atoms. The Kier molecular flexibility index (Phi) is 10.9. The van der Waals surface area contributed by atoms with Crippen LogP contribution in [0.3, 0.4) is 0 Å². The van der Waals surface area contributed by atoms with Gasteiger partial charge in [-0.1, -0.05) is 45.6 Å². The number of hydrogen-bond donors (Lipinski definition) is 0. The third kappa shape index (κ3) is 9.35. The smallest absolute Gasteiger partial charge is 0.343 e. The number of benzene rings is 2. The van der Waals surface area contributed by atoms with Crippen molar-refractivity contribution in [2.75, 3.05) is 13.4 Å². The SMILES string of the molecule is C=C(C)C(=O)OCOc1ccc(C(=O)Oc2ccc(OCCCCCCCC)c(F)c2)cc1. The summed E-state index contributed by atoms with van der Waals surface area (Å²) in [5, 5.41) is 0. The third-order valence-corrected chi connectivity index (χ3v) is 4.72. The van der Waals surface area contributed by atoms with Gasteiger partial charge in [0.25, 0.3) is 0 Å². The summed E-state index contributed by atoms with van der Waals surface area (Å²) in [6.45, 7) is 7.35. The molecule has 0 aromatic heterocycles. The number of unbranched alkanes of at least 4 members (excludes halogenated alkanes) is 5. The number of rotatable bonds is 14. The molecule has 0 radical (unpaired) electrons. The van der Waals surface area contributed by atoms with Crippen LogP contribution in [0.4, 0.5) is 4.39 Å². The first-order valence-corrected chi connectivity index (χ1v) is 11.1. The van der Waals surface area contributed by atoms with Gasteiger partial charge in [0.2, 0.25) is 6.79 Å². The van der Waals surface area contributed by atoms with Crippen LogP contribution in [-0.2, 0) is 9.53 Å². The van der Waals surface area contributed by atoms with E-state index in [4.69, 9.17) is 18.9 Å². The second kappa shape index (κ2) is 13.9. The van der Waals surface area contributed by atoms with Gasteiger partial charge in [0, 0.05) is 11.6 Å². The van der Waals surface area contributed by atoms with Gasteiger partial charge in [-0.05, 0) is 49.7 Å². The molecule has 0 saturated carbocycles. The molecule has 0 amide bonds. The van der Waals surface area contributed by atoms with Gasteiger partial charge in [-0.15, -0.1) is 0 Å². The highest BCUT2D eigenvalue weighted by Gasteiger charge is 2.12. The second-order valence-corrected chi connectivity index (χ2v) is 7.60. The second-order valence-electron chi connectivity index (χ2n) is 7.60. The number of ether oxygens (including phenoxy) is 4. The van der Waals surface area contributed by atoms with Crippen LogP contribution in [0.1, 0.15) is 62.7 Å². The Hall–Kier alpha value is -3.35. The molecule has 0 aliphatic carbocycles. The molecule has 178 valence electrons. The van der Waals surface area contributed by atoms with E-state index in [9.17, 15) is 14.0 Å². The van der Waals surface area contributed by atoms with Crippen molar-refractivity contribution < 1.29 is 32.9 Å². The summed E-state index contributed by atoms with van der Waals surface area (Å²) in [6, 6.07) is 10.1. The molecular formula is C26H31FO6. The fraction of sp³-hybridized carbons (Fsp3) is 0.385. The average molecular weight is 459 g/mol. The summed E-state index contributed by atoms with van der Waals surface area (Å²) in [5.74, 6) is -1.16. The van der Waals surface area contributed by atoms with Crippen LogP contribution in [0.15, 0.2) is 54.6 Å². The van der Waals surface area contributed by atoms with Gasteiger partial charge in [-0.25, -0.2) is 14.0 Å². The highest BCUT2D eigenvalue weighted by atomic mass is 19.1. The van der Waals surface area contributed by atoms with Gasteiger partial charge in [0.1, 0.15) is 11.5 Å². The molecule has 2 aromatic carbocycles. The lowest BCUT2D eigenvalue weighted by Crippen LogP contribution is -2.11. The van der Waals surface area contributed by atoms with Gasteiger partial charge < -0.3 is 18.9 Å². The molecule has 0 aliphatic rings. The van der Waals surface area contributed by atoms with E-state index in [1.54, 1.807) is 0 Å². The maximum atomic E-state index is 14.3. The fourth-order valence-corrected chi connectivity index (χ4v) is 2.85. The quantitative estimate of drug-likeness (QED) is 0.110. The molecule has 0 atom stereocenters. The molecule has 2 rings (SSSR count). The number of hydrogen-bond acceptors (Lipinski definition) is 6. The van der Waals surface area contributed by atoms with Crippen LogP contribution in [0.5, 0.6) is 17.2 Å². The predicted octanol–water partition coefficient (Wildman–Crippen LogP) is 6.24. The van der Waals surface area contributed by atoms with Crippen molar-refractivity contribution >= 4 is 11.9 Å². The summed E-state index contributed by atoms with van der Waals surface area (Å²) in [5.41, 5.74) is 0.524. The Morgan fingerprint density at radius 2 is 1.58 bits per heavy atom. The van der Waals surface area contributed by atoms with E-state index < -0.39 is 17.8 Å². The highest BCUT2D eigenvalue weighted by molar-refractivity contribution is 5.91. The minimum absolute atomic E-state index is 0.0800. The molecule has 0 aliphatic heterocycles. The van der Waals surface area contributed by atoms with Gasteiger partial charge in [-0.3, -0.25) is 0 Å². The van der Waals surface area contributed by atoms with Crippen molar-refractivity contribution in [2.45, 2.75) is 52.4 Å². The topological polar surface area (TPSA) is 71.1 Å². The average Bonchev–Trinajstić information content (AvgIpc) is 2.80. The molecule has 0 heterocycles. The Morgan fingerprint density at radius 1 is 0.909 bits per heavy atom. The van der Waals surface area contributed by atoms with Crippen LogP contribution < -0.4 is 14.2 Å². The van der Waals surface area contributed by atoms with E-state index in [0.29, 0.717) is 12.4 Å². The van der Waals surface area contributed by atoms with E-state index in [2.05, 4.69) is 13.5 Å². The fourth-order valence-electron chi connectivity index (χ4n) is 2.85. The first-order chi connectivity index (χ1) is 15.9. The number of carbonyl (C=O) groups is 2. The minimum atomic E-state index is -0.643. The van der Waals surface area contributed by atoms with Gasteiger partial charge in [-0.2, -0.15) is 0 Å². The first-order valence-electron chi connectivity index (χ1n) is 11.1. The van der Waals surface area contributed by atoms with E-state index in [-0.39, 0.29) is 29.4 Å². The number of halogens is 1. The van der Waals surface area contributed by atoms with Crippen LogP contribution in [0, 0.1) is 5.82 Å². The maximum Gasteiger partial charge on any atom is 0.343 e. The molecule has 7 heteroatoms. The Morgan fingerprint density at radius 3 is 2.24 bits per heavy atom. The summed E-state index contributed by atoms with van der Waals surface area (Å²) in [4.78, 5) is 23.6. The summed E-state index contributed by atoms with van der Waals surface area (Å²) in [7, 11) is 0. The molecule has 0 unspecified atom stereocenters. The third-order valence-electron chi connectivity index (χ3n) is 4.72. The van der Waals surface area contributed by atoms with Crippen LogP contribution in [0.2, 0.25) is 0 Å². The predicted molar refractivity (Wildman–Crippen MR) is 123 cm³/mol. The van der Waals surface area contributed by atoms with Gasteiger partial charge in [0.15, 0.2) is 11.6 Å². The highest BCUT2D eigenvalue weighted by Crippen LogP contribution is 2.24. The zero-order valence-corrected chi connectivity index (χ0v) is 19.2. The van der Waals surface area contributed by atoms with E-state index in [1.165, 1.54) is 62.6 Å². The van der Waals surface area contributed by atoms with E-state index >= 15 is 0 Å². The van der Waals surface area contributed by atoms with Crippen molar-refractivity contribution in [2.24, 2.45) is 0 Å². The maximum absolute atomic E-state index is 14.3. The largest absolute Gasteiger partial charge is 0.491 e. The minimum Gasteiger partial charge on any atom is -0.491 e. The molecule has 0 saturated heterocycles. The molecule has 2 aromatic rings.